The lowest BCUT2D eigenvalue weighted by atomic mass is 10.1. The van der Waals surface area contributed by atoms with Crippen LogP contribution in [0.15, 0.2) is 36.4 Å². The second kappa shape index (κ2) is 8.34. The molecule has 2 aromatic rings. The van der Waals surface area contributed by atoms with Gasteiger partial charge in [-0.25, -0.2) is 4.98 Å². The van der Waals surface area contributed by atoms with Crippen molar-refractivity contribution >= 4 is 11.8 Å². The normalized spacial score (nSPS) is 12.0. The number of benzene rings is 1. The van der Waals surface area contributed by atoms with E-state index in [0.717, 1.165) is 31.1 Å². The molecule has 0 bridgehead atoms. The maximum absolute atomic E-state index is 5.04. The fourth-order valence-corrected chi connectivity index (χ4v) is 2.18. The Kier molecular flexibility index (Phi) is 6.15. The molecule has 0 spiro atoms. The van der Waals surface area contributed by atoms with Crippen molar-refractivity contribution in [2.24, 2.45) is 0 Å². The zero-order chi connectivity index (χ0) is 15.8. The van der Waals surface area contributed by atoms with Crippen LogP contribution in [-0.2, 0) is 4.74 Å². The number of rotatable bonds is 8. The number of nitrogens with one attached hydrogen (secondary N) is 2. The van der Waals surface area contributed by atoms with Gasteiger partial charge in [-0.15, -0.1) is 0 Å². The maximum Gasteiger partial charge on any atom is 0.225 e. The third-order valence-electron chi connectivity index (χ3n) is 3.33. The molecular formula is C17H24N4O. The summed E-state index contributed by atoms with van der Waals surface area (Å²) in [5, 5.41) is 6.66. The van der Waals surface area contributed by atoms with E-state index in [0.29, 0.717) is 5.95 Å². The van der Waals surface area contributed by atoms with E-state index in [2.05, 4.69) is 39.7 Å². The molecule has 118 valence electrons. The van der Waals surface area contributed by atoms with Crippen LogP contribution in [0.1, 0.15) is 30.6 Å². The summed E-state index contributed by atoms with van der Waals surface area (Å²) in [5.41, 5.74) is 2.15. The molecule has 2 rings (SSSR count). The van der Waals surface area contributed by atoms with E-state index < -0.39 is 0 Å². The number of aryl methyl sites for hydroxylation is 1. The Hall–Kier alpha value is -2.14. The van der Waals surface area contributed by atoms with E-state index in [9.17, 15) is 0 Å². The number of nitrogens with zero attached hydrogens (tertiary/aromatic N) is 2. The molecule has 1 aromatic heterocycles. The molecule has 1 heterocycles. The van der Waals surface area contributed by atoms with Crippen LogP contribution in [0.4, 0.5) is 11.8 Å². The minimum atomic E-state index is 0.157. The Balaban J connectivity index is 2.00. The summed E-state index contributed by atoms with van der Waals surface area (Å²) >= 11 is 0. The van der Waals surface area contributed by atoms with E-state index >= 15 is 0 Å². The van der Waals surface area contributed by atoms with Crippen molar-refractivity contribution in [2.75, 3.05) is 30.9 Å². The first-order chi connectivity index (χ1) is 10.7. The van der Waals surface area contributed by atoms with Crippen molar-refractivity contribution in [3.05, 3.63) is 47.7 Å². The average molecular weight is 300 g/mol. The molecular weight excluding hydrogens is 276 g/mol. The van der Waals surface area contributed by atoms with Crippen molar-refractivity contribution in [1.29, 1.82) is 0 Å². The Morgan fingerprint density at radius 3 is 2.68 bits per heavy atom. The lowest BCUT2D eigenvalue weighted by Crippen LogP contribution is -2.12. The zero-order valence-electron chi connectivity index (χ0n) is 13.5. The molecule has 0 saturated heterocycles. The first-order valence-electron chi connectivity index (χ1n) is 7.59. The fraction of sp³-hybridized carbons (Fsp3) is 0.412. The van der Waals surface area contributed by atoms with Crippen LogP contribution in [0, 0.1) is 6.92 Å². The Bertz CT molecular complexity index is 574. The molecule has 0 aliphatic rings. The van der Waals surface area contributed by atoms with E-state index in [1.165, 1.54) is 5.56 Å². The van der Waals surface area contributed by atoms with Crippen LogP contribution >= 0.6 is 0 Å². The van der Waals surface area contributed by atoms with Gasteiger partial charge in [-0.3, -0.25) is 0 Å². The number of methoxy groups -OCH3 is 1. The first kappa shape index (κ1) is 16.2. The molecule has 5 nitrogen and oxygen atoms in total. The Morgan fingerprint density at radius 1 is 1.18 bits per heavy atom. The zero-order valence-corrected chi connectivity index (χ0v) is 13.5. The molecule has 1 aromatic carbocycles. The molecule has 0 radical (unpaired) electrons. The van der Waals surface area contributed by atoms with Gasteiger partial charge < -0.3 is 15.4 Å². The summed E-state index contributed by atoms with van der Waals surface area (Å²) in [6.45, 7) is 5.65. The van der Waals surface area contributed by atoms with Crippen LogP contribution in [0.5, 0.6) is 0 Å². The van der Waals surface area contributed by atoms with Gasteiger partial charge in [-0.1, -0.05) is 30.3 Å². The van der Waals surface area contributed by atoms with Crippen molar-refractivity contribution in [1.82, 2.24) is 9.97 Å². The first-order valence-corrected chi connectivity index (χ1v) is 7.59. The second-order valence-corrected chi connectivity index (χ2v) is 5.27. The lowest BCUT2D eigenvalue weighted by Gasteiger charge is -2.15. The van der Waals surface area contributed by atoms with Crippen LogP contribution in [0.3, 0.4) is 0 Å². The highest BCUT2D eigenvalue weighted by Gasteiger charge is 2.08. The number of ether oxygens (including phenoxy) is 1. The molecule has 0 amide bonds. The summed E-state index contributed by atoms with van der Waals surface area (Å²) in [4.78, 5) is 8.98. The molecule has 0 aliphatic carbocycles. The molecule has 0 fully saturated rings. The van der Waals surface area contributed by atoms with Crippen molar-refractivity contribution in [3.8, 4) is 0 Å². The molecule has 1 unspecified atom stereocenters. The van der Waals surface area contributed by atoms with Crippen molar-refractivity contribution in [2.45, 2.75) is 26.3 Å². The van der Waals surface area contributed by atoms with Crippen LogP contribution < -0.4 is 10.6 Å². The Morgan fingerprint density at radius 2 is 1.95 bits per heavy atom. The lowest BCUT2D eigenvalue weighted by molar-refractivity contribution is 0.198. The van der Waals surface area contributed by atoms with Crippen LogP contribution in [0.25, 0.3) is 0 Å². The standard InChI is InChI=1S/C17H24N4O/c1-13-12-16(18-10-7-11-22-3)21-17(19-13)20-14(2)15-8-5-4-6-9-15/h4-6,8-9,12,14H,7,10-11H2,1-3H3,(H2,18,19,20,21). The summed E-state index contributed by atoms with van der Waals surface area (Å²) < 4.78 is 5.04. The van der Waals surface area contributed by atoms with Gasteiger partial charge in [0.05, 0.1) is 6.04 Å². The number of aromatic nitrogens is 2. The topological polar surface area (TPSA) is 59.1 Å². The summed E-state index contributed by atoms with van der Waals surface area (Å²) in [6.07, 6.45) is 0.947. The molecule has 0 aliphatic heterocycles. The summed E-state index contributed by atoms with van der Waals surface area (Å²) in [6, 6.07) is 12.4. The van der Waals surface area contributed by atoms with Crippen LogP contribution in [-0.4, -0.2) is 30.2 Å². The fourth-order valence-electron chi connectivity index (χ4n) is 2.18. The monoisotopic (exact) mass is 300 g/mol. The van der Waals surface area contributed by atoms with Crippen LogP contribution in [0.2, 0.25) is 0 Å². The summed E-state index contributed by atoms with van der Waals surface area (Å²) in [5.74, 6) is 1.48. The average Bonchev–Trinajstić information content (AvgIpc) is 2.52. The maximum atomic E-state index is 5.04. The van der Waals surface area contributed by atoms with Gasteiger partial charge in [-0.05, 0) is 25.8 Å². The minimum absolute atomic E-state index is 0.157. The van der Waals surface area contributed by atoms with Gasteiger partial charge in [0.25, 0.3) is 0 Å². The molecule has 2 N–H and O–H groups in total. The number of hydrogen-bond donors (Lipinski definition) is 2. The highest BCUT2D eigenvalue weighted by molar-refractivity contribution is 5.43. The van der Waals surface area contributed by atoms with E-state index in [1.807, 2.05) is 31.2 Å². The quantitative estimate of drug-likeness (QED) is 0.732. The number of hydrogen-bond acceptors (Lipinski definition) is 5. The van der Waals surface area contributed by atoms with Gasteiger partial charge in [0.1, 0.15) is 5.82 Å². The smallest absolute Gasteiger partial charge is 0.225 e. The van der Waals surface area contributed by atoms with E-state index in [-0.39, 0.29) is 6.04 Å². The molecule has 5 heteroatoms. The number of anilines is 2. The minimum Gasteiger partial charge on any atom is -0.385 e. The van der Waals surface area contributed by atoms with Gasteiger partial charge in [0.15, 0.2) is 0 Å². The third kappa shape index (κ3) is 5.00. The summed E-state index contributed by atoms with van der Waals surface area (Å²) in [7, 11) is 1.71. The largest absolute Gasteiger partial charge is 0.385 e. The van der Waals surface area contributed by atoms with Gasteiger partial charge >= 0.3 is 0 Å². The predicted molar refractivity (Wildman–Crippen MR) is 90.2 cm³/mol. The van der Waals surface area contributed by atoms with Gasteiger partial charge in [-0.2, -0.15) is 4.98 Å². The van der Waals surface area contributed by atoms with E-state index in [4.69, 9.17) is 4.74 Å². The predicted octanol–water partition coefficient (Wildman–Crippen LogP) is 3.41. The highest BCUT2D eigenvalue weighted by Crippen LogP contribution is 2.18. The second-order valence-electron chi connectivity index (χ2n) is 5.27. The van der Waals surface area contributed by atoms with Gasteiger partial charge in [0, 0.05) is 32.0 Å². The molecule has 22 heavy (non-hydrogen) atoms. The highest BCUT2D eigenvalue weighted by atomic mass is 16.5. The molecule has 0 saturated carbocycles. The molecule has 1 atom stereocenters. The third-order valence-corrected chi connectivity index (χ3v) is 3.33. The SMILES string of the molecule is COCCCNc1cc(C)nc(NC(C)c2ccccc2)n1. The van der Waals surface area contributed by atoms with Gasteiger partial charge in [0.2, 0.25) is 5.95 Å². The van der Waals surface area contributed by atoms with E-state index in [1.54, 1.807) is 7.11 Å². The van der Waals surface area contributed by atoms with Crippen molar-refractivity contribution < 1.29 is 4.74 Å². The Labute approximate surface area is 132 Å². The van der Waals surface area contributed by atoms with Crippen molar-refractivity contribution in [3.63, 3.8) is 0 Å².